The van der Waals surface area contributed by atoms with Crippen LogP contribution >= 0.6 is 22.9 Å². The van der Waals surface area contributed by atoms with Crippen molar-refractivity contribution in [1.82, 2.24) is 10.1 Å². The minimum absolute atomic E-state index is 0.537. The molecule has 3 rings (SSSR count). The van der Waals surface area contributed by atoms with Gasteiger partial charge in [-0.3, -0.25) is 0 Å². The molecular formula is C12H7ClN2OS. The molecule has 0 spiro atoms. The third kappa shape index (κ3) is 2.09. The summed E-state index contributed by atoms with van der Waals surface area (Å²) in [6.45, 7) is 0. The van der Waals surface area contributed by atoms with Crippen LogP contribution in [0.25, 0.3) is 22.2 Å². The van der Waals surface area contributed by atoms with Crippen molar-refractivity contribution in [2.45, 2.75) is 0 Å². The molecule has 0 bridgehead atoms. The quantitative estimate of drug-likeness (QED) is 0.697. The summed E-state index contributed by atoms with van der Waals surface area (Å²) in [5.74, 6) is 1.09. The van der Waals surface area contributed by atoms with Crippen LogP contribution in [0.15, 0.2) is 46.3 Å². The zero-order valence-electron chi connectivity index (χ0n) is 8.63. The Morgan fingerprint density at radius 1 is 1.18 bits per heavy atom. The Morgan fingerprint density at radius 3 is 2.88 bits per heavy atom. The van der Waals surface area contributed by atoms with Crippen LogP contribution in [0.1, 0.15) is 0 Å². The molecule has 17 heavy (non-hydrogen) atoms. The summed E-state index contributed by atoms with van der Waals surface area (Å²) < 4.78 is 5.21. The summed E-state index contributed by atoms with van der Waals surface area (Å²) >= 11 is 7.48. The summed E-state index contributed by atoms with van der Waals surface area (Å²) in [6.07, 6.45) is 0. The average molecular weight is 263 g/mol. The Kier molecular flexibility index (Phi) is 2.66. The van der Waals surface area contributed by atoms with E-state index in [0.29, 0.717) is 16.7 Å². The zero-order valence-corrected chi connectivity index (χ0v) is 10.2. The largest absolute Gasteiger partial charge is 0.333 e. The molecule has 0 atom stereocenters. The van der Waals surface area contributed by atoms with Gasteiger partial charge in [-0.2, -0.15) is 4.98 Å². The van der Waals surface area contributed by atoms with Gasteiger partial charge in [-0.1, -0.05) is 35.0 Å². The van der Waals surface area contributed by atoms with Crippen molar-refractivity contribution in [3.8, 4) is 22.2 Å². The first kappa shape index (κ1) is 10.5. The van der Waals surface area contributed by atoms with Crippen molar-refractivity contribution >= 4 is 22.9 Å². The van der Waals surface area contributed by atoms with Crippen molar-refractivity contribution in [1.29, 1.82) is 0 Å². The molecule has 0 fully saturated rings. The number of nitrogens with zero attached hydrogens (tertiary/aromatic N) is 2. The van der Waals surface area contributed by atoms with E-state index in [2.05, 4.69) is 10.1 Å². The lowest BCUT2D eigenvalue weighted by Gasteiger charge is -1.93. The van der Waals surface area contributed by atoms with Crippen LogP contribution in [0, 0.1) is 0 Å². The highest BCUT2D eigenvalue weighted by Crippen LogP contribution is 2.26. The predicted molar refractivity (Wildman–Crippen MR) is 68.1 cm³/mol. The van der Waals surface area contributed by atoms with Gasteiger partial charge in [0.05, 0.1) is 4.88 Å². The van der Waals surface area contributed by atoms with E-state index < -0.39 is 0 Å². The summed E-state index contributed by atoms with van der Waals surface area (Å²) in [5, 5.41) is 6.57. The van der Waals surface area contributed by atoms with Crippen LogP contribution in [0.2, 0.25) is 5.02 Å². The minimum Gasteiger partial charge on any atom is -0.333 e. The average Bonchev–Trinajstić information content (AvgIpc) is 3.00. The fourth-order valence-electron chi connectivity index (χ4n) is 1.47. The van der Waals surface area contributed by atoms with Crippen LogP contribution in [0.5, 0.6) is 0 Å². The Morgan fingerprint density at radius 2 is 2.12 bits per heavy atom. The molecule has 84 valence electrons. The number of benzene rings is 1. The molecule has 0 aliphatic rings. The van der Waals surface area contributed by atoms with Gasteiger partial charge in [-0.15, -0.1) is 11.3 Å². The second-order valence-electron chi connectivity index (χ2n) is 3.41. The fourth-order valence-corrected chi connectivity index (χ4v) is 2.30. The Bertz CT molecular complexity index is 634. The van der Waals surface area contributed by atoms with E-state index in [9.17, 15) is 0 Å². The maximum absolute atomic E-state index is 5.92. The number of aromatic nitrogens is 2. The summed E-state index contributed by atoms with van der Waals surface area (Å²) in [4.78, 5) is 5.30. The van der Waals surface area contributed by atoms with Crippen molar-refractivity contribution < 1.29 is 4.52 Å². The second-order valence-corrected chi connectivity index (χ2v) is 4.79. The Labute approximate surface area is 107 Å². The van der Waals surface area contributed by atoms with Gasteiger partial charge in [0.25, 0.3) is 5.89 Å². The highest BCUT2D eigenvalue weighted by molar-refractivity contribution is 7.13. The highest BCUT2D eigenvalue weighted by atomic mass is 35.5. The van der Waals surface area contributed by atoms with Gasteiger partial charge in [-0.05, 0) is 23.6 Å². The van der Waals surface area contributed by atoms with E-state index in [4.69, 9.17) is 16.1 Å². The van der Waals surface area contributed by atoms with Crippen molar-refractivity contribution in [2.24, 2.45) is 0 Å². The molecule has 0 radical (unpaired) electrons. The van der Waals surface area contributed by atoms with Crippen LogP contribution in [-0.2, 0) is 0 Å². The van der Waals surface area contributed by atoms with Gasteiger partial charge in [0.15, 0.2) is 0 Å². The fraction of sp³-hybridized carbons (Fsp3) is 0. The molecule has 3 aromatic rings. The molecule has 0 aliphatic carbocycles. The van der Waals surface area contributed by atoms with Crippen molar-refractivity contribution in [3.05, 3.63) is 46.8 Å². The lowest BCUT2D eigenvalue weighted by Crippen LogP contribution is -1.79. The molecular weight excluding hydrogens is 256 g/mol. The van der Waals surface area contributed by atoms with Crippen LogP contribution in [-0.4, -0.2) is 10.1 Å². The van der Waals surface area contributed by atoms with Crippen molar-refractivity contribution in [3.63, 3.8) is 0 Å². The van der Waals surface area contributed by atoms with E-state index in [1.165, 1.54) is 0 Å². The number of thiophene rings is 1. The van der Waals surface area contributed by atoms with Crippen LogP contribution in [0.4, 0.5) is 0 Å². The first-order valence-corrected chi connectivity index (χ1v) is 6.22. The van der Waals surface area contributed by atoms with Crippen molar-refractivity contribution in [2.75, 3.05) is 0 Å². The van der Waals surface area contributed by atoms with E-state index >= 15 is 0 Å². The molecule has 0 aliphatic heterocycles. The summed E-state index contributed by atoms with van der Waals surface area (Å²) in [6, 6.07) is 11.3. The molecule has 0 unspecified atom stereocenters. The topological polar surface area (TPSA) is 38.9 Å². The normalized spacial score (nSPS) is 10.6. The molecule has 0 saturated heterocycles. The van der Waals surface area contributed by atoms with Gasteiger partial charge in [0, 0.05) is 10.6 Å². The molecule has 0 saturated carbocycles. The first-order valence-electron chi connectivity index (χ1n) is 4.96. The number of hydrogen-bond donors (Lipinski definition) is 0. The van der Waals surface area contributed by atoms with Gasteiger partial charge in [0.1, 0.15) is 0 Å². The highest BCUT2D eigenvalue weighted by Gasteiger charge is 2.11. The SMILES string of the molecule is Clc1cccc(-c2noc(-c3cccs3)n2)c1. The molecule has 5 heteroatoms. The van der Waals surface area contributed by atoms with E-state index in [1.54, 1.807) is 11.3 Å². The monoisotopic (exact) mass is 262 g/mol. The van der Waals surface area contributed by atoms with E-state index in [0.717, 1.165) is 10.4 Å². The molecule has 0 N–H and O–H groups in total. The Balaban J connectivity index is 2.01. The molecule has 2 aromatic heterocycles. The molecule has 2 heterocycles. The minimum atomic E-state index is 0.537. The Hall–Kier alpha value is -1.65. The van der Waals surface area contributed by atoms with Crippen LogP contribution in [0.3, 0.4) is 0 Å². The lowest BCUT2D eigenvalue weighted by molar-refractivity contribution is 0.433. The first-order chi connectivity index (χ1) is 8.33. The zero-order chi connectivity index (χ0) is 11.7. The number of rotatable bonds is 2. The number of halogens is 1. The molecule has 1 aromatic carbocycles. The smallest absolute Gasteiger partial charge is 0.268 e. The number of hydrogen-bond acceptors (Lipinski definition) is 4. The summed E-state index contributed by atoms with van der Waals surface area (Å²) in [7, 11) is 0. The van der Waals surface area contributed by atoms with E-state index in [1.807, 2.05) is 41.8 Å². The predicted octanol–water partition coefficient (Wildman–Crippen LogP) is 4.12. The van der Waals surface area contributed by atoms with E-state index in [-0.39, 0.29) is 0 Å². The second kappa shape index (κ2) is 4.31. The standard InChI is InChI=1S/C12H7ClN2OS/c13-9-4-1-3-8(7-9)11-14-12(16-15-11)10-5-2-6-17-10/h1-7H. The maximum atomic E-state index is 5.92. The van der Waals surface area contributed by atoms with Crippen LogP contribution < -0.4 is 0 Å². The maximum Gasteiger partial charge on any atom is 0.268 e. The lowest BCUT2D eigenvalue weighted by atomic mass is 10.2. The molecule has 3 nitrogen and oxygen atoms in total. The third-order valence-corrected chi connectivity index (χ3v) is 3.33. The van der Waals surface area contributed by atoms with Gasteiger partial charge < -0.3 is 4.52 Å². The van der Waals surface area contributed by atoms with Gasteiger partial charge >= 0.3 is 0 Å². The third-order valence-electron chi connectivity index (χ3n) is 2.24. The summed E-state index contributed by atoms with van der Waals surface area (Å²) in [5.41, 5.74) is 0.851. The molecule has 0 amide bonds. The van der Waals surface area contributed by atoms with Gasteiger partial charge in [0.2, 0.25) is 5.82 Å². The van der Waals surface area contributed by atoms with Gasteiger partial charge in [-0.25, -0.2) is 0 Å².